The van der Waals surface area contributed by atoms with E-state index in [1.54, 1.807) is 0 Å². The molecule has 2 N–H and O–H groups in total. The van der Waals surface area contributed by atoms with Crippen LogP contribution >= 0.6 is 11.6 Å². The van der Waals surface area contributed by atoms with Crippen molar-refractivity contribution in [3.8, 4) is 0 Å². The van der Waals surface area contributed by atoms with Gasteiger partial charge in [-0.15, -0.1) is 0 Å². The Kier molecular flexibility index (Phi) is 3.25. The summed E-state index contributed by atoms with van der Waals surface area (Å²) in [5, 5.41) is 9.19. The molecule has 0 bridgehead atoms. The van der Waals surface area contributed by atoms with Crippen LogP contribution in [0, 0.1) is 5.82 Å². The Morgan fingerprint density at radius 3 is 3.06 bits per heavy atom. The van der Waals surface area contributed by atoms with E-state index in [0.29, 0.717) is 18.8 Å². The van der Waals surface area contributed by atoms with Crippen LogP contribution < -0.4 is 5.32 Å². The summed E-state index contributed by atoms with van der Waals surface area (Å²) in [7, 11) is 0. The SMILES string of the molecule is Fc1cnc(Cl)nc1NCCc1ncn[nH]1. The molecule has 16 heavy (non-hydrogen) atoms. The average molecular weight is 243 g/mol. The van der Waals surface area contributed by atoms with Gasteiger partial charge >= 0.3 is 0 Å². The zero-order chi connectivity index (χ0) is 11.4. The van der Waals surface area contributed by atoms with Crippen LogP contribution in [0.25, 0.3) is 0 Å². The maximum Gasteiger partial charge on any atom is 0.224 e. The van der Waals surface area contributed by atoms with Gasteiger partial charge in [0.1, 0.15) is 12.2 Å². The third kappa shape index (κ3) is 2.63. The van der Waals surface area contributed by atoms with E-state index in [1.165, 1.54) is 6.33 Å². The molecule has 0 spiro atoms. The monoisotopic (exact) mass is 242 g/mol. The summed E-state index contributed by atoms with van der Waals surface area (Å²) in [6, 6.07) is 0. The van der Waals surface area contributed by atoms with E-state index in [-0.39, 0.29) is 11.1 Å². The van der Waals surface area contributed by atoms with Gasteiger partial charge < -0.3 is 5.32 Å². The van der Waals surface area contributed by atoms with Crippen LogP contribution in [0.1, 0.15) is 5.82 Å². The van der Waals surface area contributed by atoms with E-state index in [1.807, 2.05) is 0 Å². The number of H-pyrrole nitrogens is 1. The zero-order valence-corrected chi connectivity index (χ0v) is 8.87. The number of anilines is 1. The van der Waals surface area contributed by atoms with Crippen molar-refractivity contribution in [2.75, 3.05) is 11.9 Å². The minimum atomic E-state index is -0.540. The predicted molar refractivity (Wildman–Crippen MR) is 55.6 cm³/mol. The Bertz CT molecular complexity index is 460. The van der Waals surface area contributed by atoms with Gasteiger partial charge in [-0.05, 0) is 11.6 Å². The number of halogens is 2. The molecule has 0 saturated carbocycles. The molecule has 0 fully saturated rings. The molecule has 0 amide bonds. The Morgan fingerprint density at radius 2 is 2.31 bits per heavy atom. The van der Waals surface area contributed by atoms with E-state index >= 15 is 0 Å². The summed E-state index contributed by atoms with van der Waals surface area (Å²) >= 11 is 5.54. The van der Waals surface area contributed by atoms with Gasteiger partial charge in [-0.25, -0.2) is 14.4 Å². The van der Waals surface area contributed by atoms with Crippen molar-refractivity contribution in [2.45, 2.75) is 6.42 Å². The fraction of sp³-hybridized carbons (Fsp3) is 0.250. The molecule has 2 rings (SSSR count). The fourth-order valence-corrected chi connectivity index (χ4v) is 1.25. The number of aromatic amines is 1. The van der Waals surface area contributed by atoms with Gasteiger partial charge in [0.2, 0.25) is 5.28 Å². The molecule has 0 aromatic carbocycles. The Balaban J connectivity index is 1.92. The fourth-order valence-electron chi connectivity index (χ4n) is 1.12. The highest BCUT2D eigenvalue weighted by molar-refractivity contribution is 6.28. The smallest absolute Gasteiger partial charge is 0.224 e. The normalized spacial score (nSPS) is 10.4. The second-order valence-electron chi connectivity index (χ2n) is 2.94. The molecule has 0 unspecified atom stereocenters. The molecule has 84 valence electrons. The Labute approximate surface area is 95.3 Å². The summed E-state index contributed by atoms with van der Waals surface area (Å²) in [5.41, 5.74) is 0. The lowest BCUT2D eigenvalue weighted by Gasteiger charge is -2.04. The maximum atomic E-state index is 13.2. The molecule has 2 aromatic rings. The Morgan fingerprint density at radius 1 is 1.44 bits per heavy atom. The summed E-state index contributed by atoms with van der Waals surface area (Å²) in [5.74, 6) is 0.259. The van der Waals surface area contributed by atoms with Crippen molar-refractivity contribution in [2.24, 2.45) is 0 Å². The lowest BCUT2D eigenvalue weighted by Crippen LogP contribution is -2.09. The molecule has 2 aromatic heterocycles. The molecule has 0 saturated heterocycles. The van der Waals surface area contributed by atoms with E-state index < -0.39 is 5.82 Å². The van der Waals surface area contributed by atoms with Gasteiger partial charge in [-0.3, -0.25) is 5.10 Å². The van der Waals surface area contributed by atoms with E-state index in [2.05, 4.69) is 30.5 Å². The second-order valence-corrected chi connectivity index (χ2v) is 3.28. The van der Waals surface area contributed by atoms with Crippen molar-refractivity contribution >= 4 is 17.4 Å². The first-order chi connectivity index (χ1) is 7.75. The third-order valence-electron chi connectivity index (χ3n) is 1.83. The van der Waals surface area contributed by atoms with Crippen LogP contribution in [0.2, 0.25) is 5.28 Å². The van der Waals surface area contributed by atoms with Crippen molar-refractivity contribution < 1.29 is 4.39 Å². The van der Waals surface area contributed by atoms with E-state index in [0.717, 1.165) is 6.20 Å². The number of aromatic nitrogens is 5. The highest BCUT2D eigenvalue weighted by Gasteiger charge is 2.05. The zero-order valence-electron chi connectivity index (χ0n) is 8.11. The summed E-state index contributed by atoms with van der Waals surface area (Å²) in [4.78, 5) is 11.1. The molecule has 0 aliphatic rings. The van der Waals surface area contributed by atoms with Crippen LogP contribution in [0.4, 0.5) is 10.2 Å². The molecule has 0 aliphatic heterocycles. The van der Waals surface area contributed by atoms with Gasteiger partial charge in [0, 0.05) is 13.0 Å². The van der Waals surface area contributed by atoms with Gasteiger partial charge in [0.05, 0.1) is 6.20 Å². The van der Waals surface area contributed by atoms with Crippen molar-refractivity contribution in [3.63, 3.8) is 0 Å². The molecular formula is C8H8ClFN6. The second kappa shape index (κ2) is 4.84. The molecule has 0 atom stereocenters. The van der Waals surface area contributed by atoms with Crippen LogP contribution in [-0.2, 0) is 6.42 Å². The van der Waals surface area contributed by atoms with Gasteiger partial charge in [0.15, 0.2) is 11.6 Å². The number of hydrogen-bond donors (Lipinski definition) is 2. The van der Waals surface area contributed by atoms with Gasteiger partial charge in [-0.1, -0.05) is 0 Å². The largest absolute Gasteiger partial charge is 0.367 e. The van der Waals surface area contributed by atoms with Crippen molar-refractivity contribution in [3.05, 3.63) is 29.4 Å². The minimum Gasteiger partial charge on any atom is -0.367 e. The first-order valence-electron chi connectivity index (χ1n) is 4.52. The number of rotatable bonds is 4. The van der Waals surface area contributed by atoms with Crippen LogP contribution in [0.5, 0.6) is 0 Å². The highest BCUT2D eigenvalue weighted by atomic mass is 35.5. The molecule has 6 nitrogen and oxygen atoms in total. The highest BCUT2D eigenvalue weighted by Crippen LogP contribution is 2.11. The lowest BCUT2D eigenvalue weighted by molar-refractivity contribution is 0.616. The molecule has 0 radical (unpaired) electrons. The average Bonchev–Trinajstić information content (AvgIpc) is 2.76. The van der Waals surface area contributed by atoms with Crippen LogP contribution in [0.15, 0.2) is 12.5 Å². The predicted octanol–water partition coefficient (Wildman–Crippen LogP) is 1.04. The van der Waals surface area contributed by atoms with Crippen LogP contribution in [-0.4, -0.2) is 31.7 Å². The maximum absolute atomic E-state index is 13.2. The quantitative estimate of drug-likeness (QED) is 0.784. The third-order valence-corrected chi connectivity index (χ3v) is 2.02. The molecule has 0 aliphatic carbocycles. The standard InChI is InChI=1S/C8H8ClFN6/c9-8-12-3-5(10)7(15-8)11-2-1-6-13-4-14-16-6/h3-4H,1-2H2,(H,11,12,15)(H,13,14,16). The van der Waals surface area contributed by atoms with Gasteiger partial charge in [-0.2, -0.15) is 10.1 Å². The Hall–Kier alpha value is -1.76. The first kappa shape index (κ1) is 10.7. The minimum absolute atomic E-state index is 0.00330. The first-order valence-corrected chi connectivity index (χ1v) is 4.89. The molecule has 8 heteroatoms. The number of nitrogens with one attached hydrogen (secondary N) is 2. The number of nitrogens with zero attached hydrogens (tertiary/aromatic N) is 4. The summed E-state index contributed by atoms with van der Waals surface area (Å²) < 4.78 is 13.2. The van der Waals surface area contributed by atoms with Crippen molar-refractivity contribution in [1.82, 2.24) is 25.1 Å². The van der Waals surface area contributed by atoms with Crippen molar-refractivity contribution in [1.29, 1.82) is 0 Å². The summed E-state index contributed by atoms with van der Waals surface area (Å²) in [6.45, 7) is 0.472. The van der Waals surface area contributed by atoms with Crippen LogP contribution in [0.3, 0.4) is 0 Å². The molecular weight excluding hydrogens is 235 g/mol. The van der Waals surface area contributed by atoms with E-state index in [4.69, 9.17) is 11.6 Å². The number of hydrogen-bond acceptors (Lipinski definition) is 5. The topological polar surface area (TPSA) is 79.4 Å². The summed E-state index contributed by atoms with van der Waals surface area (Å²) in [6.07, 6.45) is 3.02. The van der Waals surface area contributed by atoms with E-state index in [9.17, 15) is 4.39 Å². The van der Waals surface area contributed by atoms with Gasteiger partial charge in [0.25, 0.3) is 0 Å². The lowest BCUT2D eigenvalue weighted by atomic mass is 10.4. The molecule has 2 heterocycles.